The third kappa shape index (κ3) is 2.43. The number of benzene rings is 1. The maximum atomic E-state index is 12.9. The van der Waals surface area contributed by atoms with Gasteiger partial charge in [-0.2, -0.15) is 13.2 Å². The molecule has 0 unspecified atom stereocenters. The molecule has 0 amide bonds. The maximum Gasteiger partial charge on any atom is 0.418 e. The average molecular weight is 267 g/mol. The van der Waals surface area contributed by atoms with Crippen LogP contribution in [-0.4, -0.2) is 9.55 Å². The number of hydrogen-bond donors (Lipinski definition) is 1. The van der Waals surface area contributed by atoms with E-state index in [9.17, 15) is 13.2 Å². The van der Waals surface area contributed by atoms with Crippen LogP contribution in [0.5, 0.6) is 0 Å². The van der Waals surface area contributed by atoms with Crippen molar-refractivity contribution in [1.29, 1.82) is 0 Å². The molecule has 1 aromatic heterocycles. The Bertz CT molecular complexity index is 585. The van der Waals surface area contributed by atoms with E-state index >= 15 is 0 Å². The normalized spacial score (nSPS) is 15.5. The first-order valence-electron chi connectivity index (χ1n) is 6.02. The van der Waals surface area contributed by atoms with Gasteiger partial charge in [0.1, 0.15) is 0 Å². The number of halogens is 3. The number of aromatic nitrogens is 2. The van der Waals surface area contributed by atoms with Crippen LogP contribution in [0.4, 0.5) is 24.8 Å². The van der Waals surface area contributed by atoms with Gasteiger partial charge >= 0.3 is 6.18 Å². The van der Waals surface area contributed by atoms with Crippen LogP contribution in [0.2, 0.25) is 0 Å². The Balaban J connectivity index is 1.93. The molecule has 1 fully saturated rings. The molecule has 3 nitrogen and oxygen atoms in total. The molecule has 0 aliphatic heterocycles. The summed E-state index contributed by atoms with van der Waals surface area (Å²) in [6.07, 6.45) is 1.10. The Morgan fingerprint density at radius 1 is 1.21 bits per heavy atom. The number of imidazole rings is 1. The van der Waals surface area contributed by atoms with Crippen LogP contribution in [0.1, 0.15) is 24.4 Å². The van der Waals surface area contributed by atoms with Crippen LogP contribution in [0.15, 0.2) is 36.7 Å². The van der Waals surface area contributed by atoms with Crippen molar-refractivity contribution in [2.24, 2.45) is 0 Å². The van der Waals surface area contributed by atoms with Crippen molar-refractivity contribution in [2.75, 3.05) is 5.32 Å². The Labute approximate surface area is 108 Å². The SMILES string of the molecule is FC(F)(F)c1ccccc1Nc1nccn1C1CC1. The largest absolute Gasteiger partial charge is 0.418 e. The third-order valence-electron chi connectivity index (χ3n) is 3.09. The van der Waals surface area contributed by atoms with Gasteiger partial charge in [-0.05, 0) is 25.0 Å². The van der Waals surface area contributed by atoms with Crippen molar-refractivity contribution in [1.82, 2.24) is 9.55 Å². The van der Waals surface area contributed by atoms with Crippen molar-refractivity contribution in [3.63, 3.8) is 0 Å². The summed E-state index contributed by atoms with van der Waals surface area (Å²) < 4.78 is 40.5. The number of rotatable bonds is 3. The molecule has 0 bridgehead atoms. The van der Waals surface area contributed by atoms with E-state index in [4.69, 9.17) is 0 Å². The molecule has 1 aliphatic carbocycles. The van der Waals surface area contributed by atoms with E-state index in [0.29, 0.717) is 12.0 Å². The van der Waals surface area contributed by atoms with Gasteiger partial charge in [-0.3, -0.25) is 0 Å². The van der Waals surface area contributed by atoms with Crippen LogP contribution < -0.4 is 5.32 Å². The molecule has 0 spiro atoms. The van der Waals surface area contributed by atoms with Gasteiger partial charge in [0, 0.05) is 18.4 Å². The zero-order chi connectivity index (χ0) is 13.5. The van der Waals surface area contributed by atoms with E-state index in [0.717, 1.165) is 18.9 Å². The molecular weight excluding hydrogens is 255 g/mol. The van der Waals surface area contributed by atoms with E-state index in [1.807, 2.05) is 4.57 Å². The fourth-order valence-corrected chi connectivity index (χ4v) is 2.02. The van der Waals surface area contributed by atoms with E-state index < -0.39 is 11.7 Å². The summed E-state index contributed by atoms with van der Waals surface area (Å²) in [6.45, 7) is 0. The number of para-hydroxylation sites is 1. The molecule has 1 N–H and O–H groups in total. The topological polar surface area (TPSA) is 29.9 Å². The van der Waals surface area contributed by atoms with Gasteiger partial charge in [-0.25, -0.2) is 4.98 Å². The molecule has 1 heterocycles. The first-order valence-corrected chi connectivity index (χ1v) is 6.02. The van der Waals surface area contributed by atoms with E-state index in [1.165, 1.54) is 12.1 Å². The highest BCUT2D eigenvalue weighted by molar-refractivity contribution is 5.59. The van der Waals surface area contributed by atoms with Gasteiger partial charge in [-0.1, -0.05) is 12.1 Å². The molecular formula is C13H12F3N3. The lowest BCUT2D eigenvalue weighted by atomic mass is 10.1. The lowest BCUT2D eigenvalue weighted by Crippen LogP contribution is -2.10. The summed E-state index contributed by atoms with van der Waals surface area (Å²) in [5, 5.41) is 2.78. The van der Waals surface area contributed by atoms with Gasteiger partial charge in [0.25, 0.3) is 0 Å². The summed E-state index contributed by atoms with van der Waals surface area (Å²) >= 11 is 0. The van der Waals surface area contributed by atoms with Crippen LogP contribution in [0.3, 0.4) is 0 Å². The highest BCUT2D eigenvalue weighted by atomic mass is 19.4. The molecule has 3 rings (SSSR count). The zero-order valence-corrected chi connectivity index (χ0v) is 9.98. The smallest absolute Gasteiger partial charge is 0.325 e. The standard InChI is InChI=1S/C13H12F3N3/c14-13(15,16)10-3-1-2-4-11(10)18-12-17-7-8-19(12)9-5-6-9/h1-4,7-9H,5-6H2,(H,17,18). The fourth-order valence-electron chi connectivity index (χ4n) is 2.02. The molecule has 1 aliphatic rings. The second-order valence-electron chi connectivity index (χ2n) is 4.56. The van der Waals surface area contributed by atoms with Crippen molar-refractivity contribution >= 4 is 11.6 Å². The lowest BCUT2D eigenvalue weighted by molar-refractivity contribution is -0.136. The van der Waals surface area contributed by atoms with Crippen LogP contribution in [0.25, 0.3) is 0 Å². The predicted octanol–water partition coefficient (Wildman–Crippen LogP) is 3.98. The Morgan fingerprint density at radius 2 is 1.95 bits per heavy atom. The molecule has 19 heavy (non-hydrogen) atoms. The summed E-state index contributed by atoms with van der Waals surface area (Å²) in [6, 6.07) is 5.79. The van der Waals surface area contributed by atoms with Gasteiger partial charge in [-0.15, -0.1) is 0 Å². The van der Waals surface area contributed by atoms with E-state index in [-0.39, 0.29) is 5.69 Å². The number of hydrogen-bond acceptors (Lipinski definition) is 2. The summed E-state index contributed by atoms with van der Waals surface area (Å²) in [4.78, 5) is 4.08. The van der Waals surface area contributed by atoms with Crippen molar-refractivity contribution in [2.45, 2.75) is 25.1 Å². The van der Waals surface area contributed by atoms with Gasteiger partial charge in [0.05, 0.1) is 11.3 Å². The first-order chi connectivity index (χ1) is 9.05. The summed E-state index contributed by atoms with van der Waals surface area (Å²) in [5.41, 5.74) is -0.650. The maximum absolute atomic E-state index is 12.9. The second-order valence-corrected chi connectivity index (χ2v) is 4.56. The monoisotopic (exact) mass is 267 g/mol. The van der Waals surface area contributed by atoms with Crippen LogP contribution in [0, 0.1) is 0 Å². The molecule has 2 aromatic rings. The van der Waals surface area contributed by atoms with Crippen LogP contribution >= 0.6 is 0 Å². The molecule has 0 radical (unpaired) electrons. The minimum atomic E-state index is -4.37. The highest BCUT2D eigenvalue weighted by Gasteiger charge is 2.33. The van der Waals surface area contributed by atoms with Crippen molar-refractivity contribution in [3.8, 4) is 0 Å². The van der Waals surface area contributed by atoms with Crippen molar-refractivity contribution in [3.05, 3.63) is 42.2 Å². The van der Waals surface area contributed by atoms with Gasteiger partial charge in [0.2, 0.25) is 5.95 Å². The highest BCUT2D eigenvalue weighted by Crippen LogP contribution is 2.39. The third-order valence-corrected chi connectivity index (χ3v) is 3.09. The predicted molar refractivity (Wildman–Crippen MR) is 65.2 cm³/mol. The Hall–Kier alpha value is -1.98. The van der Waals surface area contributed by atoms with Crippen molar-refractivity contribution < 1.29 is 13.2 Å². The van der Waals surface area contributed by atoms with E-state index in [1.54, 1.807) is 18.5 Å². The molecule has 1 aromatic carbocycles. The molecule has 6 heteroatoms. The number of anilines is 2. The van der Waals surface area contributed by atoms with Crippen LogP contribution in [-0.2, 0) is 6.18 Å². The van der Waals surface area contributed by atoms with Gasteiger partial charge in [0.15, 0.2) is 0 Å². The number of nitrogens with one attached hydrogen (secondary N) is 1. The zero-order valence-electron chi connectivity index (χ0n) is 9.98. The summed E-state index contributed by atoms with van der Waals surface area (Å²) in [7, 11) is 0. The molecule has 0 atom stereocenters. The minimum Gasteiger partial charge on any atom is -0.325 e. The fraction of sp³-hybridized carbons (Fsp3) is 0.308. The number of alkyl halides is 3. The number of nitrogens with zero attached hydrogens (tertiary/aromatic N) is 2. The lowest BCUT2D eigenvalue weighted by Gasteiger charge is -2.14. The van der Waals surface area contributed by atoms with E-state index in [2.05, 4.69) is 10.3 Å². The molecule has 1 saturated carbocycles. The quantitative estimate of drug-likeness (QED) is 0.911. The Kier molecular flexibility index (Phi) is 2.73. The first kappa shape index (κ1) is 12.1. The molecule has 100 valence electrons. The summed E-state index contributed by atoms with van der Waals surface area (Å²) in [5.74, 6) is 0.458. The van der Waals surface area contributed by atoms with Gasteiger partial charge < -0.3 is 9.88 Å². The molecule has 0 saturated heterocycles. The minimum absolute atomic E-state index is 0.0306. The Morgan fingerprint density at radius 3 is 2.63 bits per heavy atom. The average Bonchev–Trinajstić information content (AvgIpc) is 3.10. The second kappa shape index (κ2) is 4.29.